The van der Waals surface area contributed by atoms with Crippen LogP contribution in [0.2, 0.25) is 5.02 Å². The Hall–Kier alpha value is -2.05. The molecule has 0 bridgehead atoms. The lowest BCUT2D eigenvalue weighted by atomic mass is 9.88. The number of amides is 1. The van der Waals surface area contributed by atoms with E-state index in [0.717, 1.165) is 35.4 Å². The zero-order valence-electron chi connectivity index (χ0n) is 17.0. The van der Waals surface area contributed by atoms with Gasteiger partial charge in [0.15, 0.2) is 0 Å². The predicted octanol–water partition coefficient (Wildman–Crippen LogP) is 4.50. The number of aryl methyl sites for hydroxylation is 2. The number of halogens is 1. The number of hydrogen-bond donors (Lipinski definition) is 1. The first-order chi connectivity index (χ1) is 13.7. The van der Waals surface area contributed by atoms with Crippen LogP contribution >= 0.6 is 11.6 Å². The maximum atomic E-state index is 13.0. The maximum Gasteiger partial charge on any atom is 0.253 e. The molecule has 0 radical (unpaired) electrons. The van der Waals surface area contributed by atoms with Crippen LogP contribution in [0.1, 0.15) is 59.3 Å². The molecule has 0 aromatic heterocycles. The van der Waals surface area contributed by atoms with Gasteiger partial charge in [-0.05, 0) is 67.0 Å². The van der Waals surface area contributed by atoms with Crippen LogP contribution in [-0.4, -0.2) is 27.6 Å². The summed E-state index contributed by atoms with van der Waals surface area (Å²) < 4.78 is 24.8. The summed E-state index contributed by atoms with van der Waals surface area (Å²) in [4.78, 5) is 13.0. The normalized spacial score (nSPS) is 14.8. The number of hydrogen-bond acceptors (Lipinski definition) is 3. The SMILES string of the molecule is CC[C@@H](NC(=O)c1cc(N(C)S(C)(=O)=O)ccc1Cl)c1ccc2c(c1)CCCC2. The molecule has 3 rings (SSSR count). The van der Waals surface area contributed by atoms with Crippen molar-refractivity contribution in [2.45, 2.75) is 45.1 Å². The zero-order chi connectivity index (χ0) is 21.2. The number of nitrogens with one attached hydrogen (secondary N) is 1. The summed E-state index contributed by atoms with van der Waals surface area (Å²) in [6, 6.07) is 11.0. The van der Waals surface area contributed by atoms with Crippen molar-refractivity contribution in [3.63, 3.8) is 0 Å². The third-order valence-electron chi connectivity index (χ3n) is 5.54. The zero-order valence-corrected chi connectivity index (χ0v) is 18.6. The van der Waals surface area contributed by atoms with Gasteiger partial charge in [0.05, 0.1) is 28.6 Å². The first-order valence-corrected chi connectivity index (χ1v) is 12.1. The average molecular weight is 435 g/mol. The molecule has 0 heterocycles. The highest BCUT2D eigenvalue weighted by molar-refractivity contribution is 7.92. The Bertz CT molecular complexity index is 1020. The van der Waals surface area contributed by atoms with Gasteiger partial charge >= 0.3 is 0 Å². The molecule has 29 heavy (non-hydrogen) atoms. The summed E-state index contributed by atoms with van der Waals surface area (Å²) in [6.07, 6.45) is 6.50. The first kappa shape index (κ1) is 21.7. The van der Waals surface area contributed by atoms with E-state index in [9.17, 15) is 13.2 Å². The second-order valence-electron chi connectivity index (χ2n) is 7.56. The number of rotatable bonds is 6. The van der Waals surface area contributed by atoms with Gasteiger partial charge in [-0.1, -0.05) is 36.7 Å². The van der Waals surface area contributed by atoms with Gasteiger partial charge in [0, 0.05) is 7.05 Å². The molecule has 0 spiro atoms. The topological polar surface area (TPSA) is 66.5 Å². The Morgan fingerprint density at radius 1 is 1.14 bits per heavy atom. The van der Waals surface area contributed by atoms with Crippen LogP contribution in [0.3, 0.4) is 0 Å². The summed E-state index contributed by atoms with van der Waals surface area (Å²) in [5.74, 6) is -0.316. The van der Waals surface area contributed by atoms with Crippen LogP contribution in [0.5, 0.6) is 0 Å². The minimum absolute atomic E-state index is 0.137. The Balaban J connectivity index is 1.85. The summed E-state index contributed by atoms with van der Waals surface area (Å²) in [7, 11) is -1.99. The van der Waals surface area contributed by atoms with Crippen LogP contribution in [0.15, 0.2) is 36.4 Å². The molecular formula is C22H27ClN2O3S. The molecule has 7 heteroatoms. The molecule has 1 N–H and O–H groups in total. The van der Waals surface area contributed by atoms with Crippen molar-refractivity contribution in [1.29, 1.82) is 0 Å². The van der Waals surface area contributed by atoms with E-state index in [1.54, 1.807) is 12.1 Å². The molecule has 5 nitrogen and oxygen atoms in total. The molecule has 2 aromatic carbocycles. The number of anilines is 1. The number of fused-ring (bicyclic) bond motifs is 1. The number of sulfonamides is 1. The molecule has 1 amide bonds. The molecule has 0 unspecified atom stereocenters. The lowest BCUT2D eigenvalue weighted by Gasteiger charge is -2.22. The van der Waals surface area contributed by atoms with Crippen molar-refractivity contribution >= 4 is 33.2 Å². The predicted molar refractivity (Wildman–Crippen MR) is 118 cm³/mol. The smallest absolute Gasteiger partial charge is 0.253 e. The first-order valence-electron chi connectivity index (χ1n) is 9.86. The molecule has 0 fully saturated rings. The summed E-state index contributed by atoms with van der Waals surface area (Å²) in [6.45, 7) is 2.03. The minimum Gasteiger partial charge on any atom is -0.345 e. The van der Waals surface area contributed by atoms with Crippen molar-refractivity contribution < 1.29 is 13.2 Å². The van der Waals surface area contributed by atoms with Gasteiger partial charge in [-0.15, -0.1) is 0 Å². The Kier molecular flexibility index (Phi) is 6.54. The van der Waals surface area contributed by atoms with E-state index in [1.165, 1.54) is 37.1 Å². The van der Waals surface area contributed by atoms with Crippen molar-refractivity contribution in [2.24, 2.45) is 0 Å². The number of carbonyl (C=O) groups excluding carboxylic acids is 1. The van der Waals surface area contributed by atoms with E-state index >= 15 is 0 Å². The van der Waals surface area contributed by atoms with Gasteiger partial charge in [0.2, 0.25) is 10.0 Å². The van der Waals surface area contributed by atoms with Gasteiger partial charge in [0.1, 0.15) is 0 Å². The van der Waals surface area contributed by atoms with Crippen LogP contribution in [0.4, 0.5) is 5.69 Å². The highest BCUT2D eigenvalue weighted by atomic mass is 35.5. The molecular weight excluding hydrogens is 408 g/mol. The molecule has 0 saturated carbocycles. The molecule has 1 atom stereocenters. The van der Waals surface area contributed by atoms with Gasteiger partial charge in [-0.3, -0.25) is 9.10 Å². The Labute approximate surface area is 178 Å². The second-order valence-corrected chi connectivity index (χ2v) is 9.99. The largest absolute Gasteiger partial charge is 0.345 e. The van der Waals surface area contributed by atoms with Crippen LogP contribution < -0.4 is 9.62 Å². The molecule has 0 aliphatic heterocycles. The second kappa shape index (κ2) is 8.76. The van der Waals surface area contributed by atoms with Gasteiger partial charge in [0.25, 0.3) is 5.91 Å². The van der Waals surface area contributed by atoms with Crippen molar-refractivity contribution in [2.75, 3.05) is 17.6 Å². The monoisotopic (exact) mass is 434 g/mol. The van der Waals surface area contributed by atoms with E-state index in [4.69, 9.17) is 11.6 Å². The van der Waals surface area contributed by atoms with Gasteiger partial charge in [-0.25, -0.2) is 8.42 Å². The Morgan fingerprint density at radius 2 is 1.83 bits per heavy atom. The molecule has 156 valence electrons. The van der Waals surface area contributed by atoms with E-state index < -0.39 is 10.0 Å². The fraction of sp³-hybridized carbons (Fsp3) is 0.409. The fourth-order valence-electron chi connectivity index (χ4n) is 3.70. The highest BCUT2D eigenvalue weighted by Crippen LogP contribution is 2.28. The molecule has 2 aromatic rings. The highest BCUT2D eigenvalue weighted by Gasteiger charge is 2.20. The number of nitrogens with zero attached hydrogens (tertiary/aromatic N) is 1. The van der Waals surface area contributed by atoms with Crippen molar-refractivity contribution in [3.8, 4) is 0 Å². The van der Waals surface area contributed by atoms with Gasteiger partial charge in [-0.2, -0.15) is 0 Å². The lowest BCUT2D eigenvalue weighted by Crippen LogP contribution is -2.29. The fourth-order valence-corrected chi connectivity index (χ4v) is 4.40. The molecule has 0 saturated heterocycles. The molecule has 1 aliphatic rings. The summed E-state index contributed by atoms with van der Waals surface area (Å²) >= 11 is 6.25. The standard InChI is InChI=1S/C22H27ClN2O3S/c1-4-21(17-10-9-15-7-5-6-8-16(15)13-17)24-22(26)19-14-18(11-12-20(19)23)25(2)29(3,27)28/h9-14,21H,4-8H2,1-3H3,(H,24,26)/t21-/m1/s1. The quantitative estimate of drug-likeness (QED) is 0.728. The third kappa shape index (κ3) is 4.93. The summed E-state index contributed by atoms with van der Waals surface area (Å²) in [5, 5.41) is 3.35. The van der Waals surface area contributed by atoms with Crippen LogP contribution in [0, 0.1) is 0 Å². The Morgan fingerprint density at radius 3 is 2.48 bits per heavy atom. The lowest BCUT2D eigenvalue weighted by molar-refractivity contribution is 0.0935. The van der Waals surface area contributed by atoms with Gasteiger partial charge < -0.3 is 5.32 Å². The van der Waals surface area contributed by atoms with Crippen LogP contribution in [-0.2, 0) is 22.9 Å². The van der Waals surface area contributed by atoms with Crippen LogP contribution in [0.25, 0.3) is 0 Å². The number of carbonyl (C=O) groups is 1. The third-order valence-corrected chi connectivity index (χ3v) is 7.08. The van der Waals surface area contributed by atoms with E-state index in [0.29, 0.717) is 5.69 Å². The average Bonchev–Trinajstić information content (AvgIpc) is 2.70. The van der Waals surface area contributed by atoms with E-state index in [2.05, 4.69) is 23.5 Å². The van der Waals surface area contributed by atoms with E-state index in [-0.39, 0.29) is 22.5 Å². The maximum absolute atomic E-state index is 13.0. The minimum atomic E-state index is -3.43. The number of benzene rings is 2. The summed E-state index contributed by atoms with van der Waals surface area (Å²) in [5.41, 5.74) is 4.51. The molecule has 1 aliphatic carbocycles. The van der Waals surface area contributed by atoms with Crippen molar-refractivity contribution in [3.05, 3.63) is 63.7 Å². The van der Waals surface area contributed by atoms with Crippen molar-refractivity contribution in [1.82, 2.24) is 5.32 Å². The van der Waals surface area contributed by atoms with E-state index in [1.807, 2.05) is 6.92 Å².